The molecule has 1 unspecified atom stereocenters. The summed E-state index contributed by atoms with van der Waals surface area (Å²) >= 11 is 0. The maximum absolute atomic E-state index is 12.3. The van der Waals surface area contributed by atoms with Gasteiger partial charge in [0.1, 0.15) is 6.04 Å². The molecule has 106 valence electrons. The number of carbonyl (C=O) groups excluding carboxylic acids is 2. The highest BCUT2D eigenvalue weighted by molar-refractivity contribution is 5.79. The lowest BCUT2D eigenvalue weighted by Crippen LogP contribution is -2.46. The first-order valence-electron chi connectivity index (χ1n) is 7.45. The number of hydrogen-bond acceptors (Lipinski definition) is 4. The van der Waals surface area contributed by atoms with Gasteiger partial charge >= 0.3 is 5.97 Å². The minimum Gasteiger partial charge on any atom is -0.464 e. The lowest BCUT2D eigenvalue weighted by molar-refractivity contribution is -0.143. The fourth-order valence-corrected chi connectivity index (χ4v) is 3.47. The lowest BCUT2D eigenvalue weighted by Gasteiger charge is -2.34. The van der Waals surface area contributed by atoms with Gasteiger partial charge in [0.15, 0.2) is 0 Å². The summed E-state index contributed by atoms with van der Waals surface area (Å²) in [5.41, 5.74) is 0. The molecule has 0 saturated carbocycles. The van der Waals surface area contributed by atoms with Gasteiger partial charge in [-0.05, 0) is 38.8 Å². The Kier molecular flexibility index (Phi) is 3.73. The summed E-state index contributed by atoms with van der Waals surface area (Å²) in [5.74, 6) is 0.433. The van der Waals surface area contributed by atoms with Crippen molar-refractivity contribution in [2.45, 2.75) is 38.1 Å². The van der Waals surface area contributed by atoms with E-state index in [1.165, 1.54) is 0 Å². The molecule has 0 aromatic carbocycles. The van der Waals surface area contributed by atoms with Gasteiger partial charge in [-0.1, -0.05) is 0 Å². The van der Waals surface area contributed by atoms with Crippen LogP contribution < -0.4 is 0 Å². The molecule has 3 aliphatic heterocycles. The number of piperidine rings is 1. The molecule has 0 spiro atoms. The van der Waals surface area contributed by atoms with Crippen molar-refractivity contribution >= 4 is 11.9 Å². The van der Waals surface area contributed by atoms with E-state index < -0.39 is 0 Å². The normalized spacial score (nSPS) is 29.8. The molecule has 0 N–H and O–H groups in total. The smallest absolute Gasteiger partial charge is 0.323 e. The van der Waals surface area contributed by atoms with Crippen molar-refractivity contribution in [2.75, 3.05) is 32.8 Å². The molecule has 3 rings (SSSR count). The van der Waals surface area contributed by atoms with Crippen LogP contribution in [0.25, 0.3) is 0 Å². The summed E-state index contributed by atoms with van der Waals surface area (Å²) in [4.78, 5) is 28.1. The Hall–Kier alpha value is -1.10. The van der Waals surface area contributed by atoms with E-state index in [0.29, 0.717) is 12.5 Å². The summed E-state index contributed by atoms with van der Waals surface area (Å²) in [6.45, 7) is 4.13. The zero-order chi connectivity index (χ0) is 13.2. The van der Waals surface area contributed by atoms with Gasteiger partial charge in [-0.3, -0.25) is 14.5 Å². The zero-order valence-corrected chi connectivity index (χ0v) is 11.3. The van der Waals surface area contributed by atoms with Crippen LogP contribution in [0.5, 0.6) is 0 Å². The Bertz CT molecular complexity index is 358. The number of esters is 1. The first-order chi connectivity index (χ1) is 9.25. The van der Waals surface area contributed by atoms with Crippen LogP contribution in [0.4, 0.5) is 0 Å². The standard InChI is InChI=1S/C14H22N2O3/c17-13(16-6-1-2-7-16)11-3-8-15(9-4-11)12-5-10-19-14(12)18/h11-12H,1-10H2. The molecule has 5 nitrogen and oxygen atoms in total. The second-order valence-electron chi connectivity index (χ2n) is 5.81. The highest BCUT2D eigenvalue weighted by Gasteiger charge is 2.36. The fraction of sp³-hybridized carbons (Fsp3) is 0.857. The molecule has 0 aromatic rings. The van der Waals surface area contributed by atoms with Crippen molar-refractivity contribution in [3.8, 4) is 0 Å². The molecule has 0 bridgehead atoms. The van der Waals surface area contributed by atoms with Crippen molar-refractivity contribution in [2.24, 2.45) is 5.92 Å². The van der Waals surface area contributed by atoms with E-state index in [9.17, 15) is 9.59 Å². The van der Waals surface area contributed by atoms with Gasteiger partial charge in [-0.25, -0.2) is 0 Å². The molecule has 1 atom stereocenters. The first-order valence-corrected chi connectivity index (χ1v) is 7.45. The van der Waals surface area contributed by atoms with Gasteiger partial charge in [-0.2, -0.15) is 0 Å². The number of amides is 1. The zero-order valence-electron chi connectivity index (χ0n) is 11.3. The molecule has 3 aliphatic rings. The molecule has 3 fully saturated rings. The van der Waals surface area contributed by atoms with Crippen molar-refractivity contribution < 1.29 is 14.3 Å². The Labute approximate surface area is 113 Å². The van der Waals surface area contributed by atoms with Gasteiger partial charge in [0.2, 0.25) is 5.91 Å². The van der Waals surface area contributed by atoms with Crippen LogP contribution in [-0.2, 0) is 14.3 Å². The number of nitrogens with zero attached hydrogens (tertiary/aromatic N) is 2. The third-order valence-corrected chi connectivity index (χ3v) is 4.64. The Balaban J connectivity index is 1.51. The molecule has 5 heteroatoms. The molecular weight excluding hydrogens is 244 g/mol. The molecular formula is C14H22N2O3. The van der Waals surface area contributed by atoms with Gasteiger partial charge < -0.3 is 9.64 Å². The summed E-state index contributed by atoms with van der Waals surface area (Å²) in [6, 6.07) is -0.0529. The van der Waals surface area contributed by atoms with Gasteiger partial charge in [0.25, 0.3) is 0 Å². The van der Waals surface area contributed by atoms with E-state index in [1.807, 2.05) is 4.90 Å². The summed E-state index contributed by atoms with van der Waals surface area (Å²) in [5, 5.41) is 0. The van der Waals surface area contributed by atoms with Gasteiger partial charge in [0, 0.05) is 25.4 Å². The van der Waals surface area contributed by atoms with Crippen molar-refractivity contribution in [3.05, 3.63) is 0 Å². The van der Waals surface area contributed by atoms with E-state index in [4.69, 9.17) is 4.74 Å². The highest BCUT2D eigenvalue weighted by atomic mass is 16.5. The number of cyclic esters (lactones) is 1. The van der Waals surface area contributed by atoms with Gasteiger partial charge in [0.05, 0.1) is 6.61 Å². The van der Waals surface area contributed by atoms with Gasteiger partial charge in [-0.15, -0.1) is 0 Å². The average Bonchev–Trinajstić information content (AvgIpc) is 3.09. The van der Waals surface area contributed by atoms with Crippen LogP contribution in [0.1, 0.15) is 32.1 Å². The predicted molar refractivity (Wildman–Crippen MR) is 69.5 cm³/mol. The van der Waals surface area contributed by atoms with E-state index >= 15 is 0 Å². The first kappa shape index (κ1) is 12.9. The lowest BCUT2D eigenvalue weighted by atomic mass is 9.94. The quantitative estimate of drug-likeness (QED) is 0.688. The van der Waals surface area contributed by atoms with E-state index in [-0.39, 0.29) is 17.9 Å². The number of rotatable bonds is 2. The molecule has 3 saturated heterocycles. The average molecular weight is 266 g/mol. The summed E-state index contributed by atoms with van der Waals surface area (Å²) < 4.78 is 5.02. The molecule has 19 heavy (non-hydrogen) atoms. The van der Waals surface area contributed by atoms with Crippen molar-refractivity contribution in [1.82, 2.24) is 9.80 Å². The maximum Gasteiger partial charge on any atom is 0.323 e. The topological polar surface area (TPSA) is 49.9 Å². The van der Waals surface area contributed by atoms with E-state index in [1.54, 1.807) is 0 Å². The largest absolute Gasteiger partial charge is 0.464 e. The molecule has 0 aliphatic carbocycles. The summed E-state index contributed by atoms with van der Waals surface area (Å²) in [7, 11) is 0. The van der Waals surface area contributed by atoms with Crippen LogP contribution in [0.2, 0.25) is 0 Å². The van der Waals surface area contributed by atoms with Crippen molar-refractivity contribution in [1.29, 1.82) is 0 Å². The van der Waals surface area contributed by atoms with Crippen molar-refractivity contribution in [3.63, 3.8) is 0 Å². The summed E-state index contributed by atoms with van der Waals surface area (Å²) in [6.07, 6.45) is 4.89. The van der Waals surface area contributed by atoms with Crippen LogP contribution >= 0.6 is 0 Å². The predicted octanol–water partition coefficient (Wildman–Crippen LogP) is 0.636. The monoisotopic (exact) mass is 266 g/mol. The van der Waals surface area contributed by atoms with E-state index in [2.05, 4.69) is 4.90 Å². The number of likely N-dealkylation sites (tertiary alicyclic amines) is 2. The molecule has 3 heterocycles. The number of hydrogen-bond donors (Lipinski definition) is 0. The molecule has 0 aromatic heterocycles. The van der Waals surface area contributed by atoms with E-state index in [0.717, 1.165) is 58.3 Å². The van der Waals surface area contributed by atoms with Crippen LogP contribution in [0.15, 0.2) is 0 Å². The van der Waals surface area contributed by atoms with Crippen LogP contribution in [0, 0.1) is 5.92 Å². The highest BCUT2D eigenvalue weighted by Crippen LogP contribution is 2.25. The molecule has 0 radical (unpaired) electrons. The second kappa shape index (κ2) is 5.49. The molecule has 1 amide bonds. The third kappa shape index (κ3) is 2.61. The Morgan fingerprint density at radius 2 is 1.74 bits per heavy atom. The third-order valence-electron chi connectivity index (χ3n) is 4.64. The number of ether oxygens (including phenoxy) is 1. The SMILES string of the molecule is O=C1OCCC1N1CCC(C(=O)N2CCCC2)CC1. The number of carbonyl (C=O) groups is 2. The Morgan fingerprint density at radius 1 is 1.05 bits per heavy atom. The minimum absolute atomic E-state index is 0.0529. The minimum atomic E-state index is -0.0793. The second-order valence-corrected chi connectivity index (χ2v) is 5.81. The fourth-order valence-electron chi connectivity index (χ4n) is 3.47. The Morgan fingerprint density at radius 3 is 2.32 bits per heavy atom. The maximum atomic E-state index is 12.3. The van der Waals surface area contributed by atoms with Crippen LogP contribution in [0.3, 0.4) is 0 Å². The van der Waals surface area contributed by atoms with Crippen LogP contribution in [-0.4, -0.2) is 60.5 Å².